The first-order valence-corrected chi connectivity index (χ1v) is 11.2. The summed E-state index contributed by atoms with van der Waals surface area (Å²) >= 11 is 0. The lowest BCUT2D eigenvalue weighted by molar-refractivity contribution is -0.160. The van der Waals surface area contributed by atoms with Crippen molar-refractivity contribution in [1.82, 2.24) is 0 Å². The maximum atomic E-state index is 12.3. The van der Waals surface area contributed by atoms with E-state index >= 15 is 0 Å². The van der Waals surface area contributed by atoms with Gasteiger partial charge in [0.25, 0.3) is 0 Å². The number of allylic oxidation sites excluding steroid dienone is 1. The van der Waals surface area contributed by atoms with Gasteiger partial charge in [0.15, 0.2) is 0 Å². The van der Waals surface area contributed by atoms with Gasteiger partial charge in [0.05, 0.1) is 11.1 Å². The van der Waals surface area contributed by atoms with E-state index in [9.17, 15) is 10.0 Å². The number of oxime groups is 1. The molecule has 0 spiro atoms. The lowest BCUT2D eigenvalue weighted by Gasteiger charge is -2.57. The molecular weight excluding hydrogens is 350 g/mol. The van der Waals surface area contributed by atoms with Crippen LogP contribution >= 0.6 is 0 Å². The van der Waals surface area contributed by atoms with Crippen molar-refractivity contribution in [3.63, 3.8) is 0 Å². The second kappa shape index (κ2) is 6.60. The fraction of sp³-hybridized carbons (Fsp3) is 0.833. The van der Waals surface area contributed by atoms with Crippen LogP contribution in [0.1, 0.15) is 86.0 Å². The topological polar surface area (TPSA) is 58.9 Å². The summed E-state index contributed by atoms with van der Waals surface area (Å²) in [6, 6.07) is 0. The number of esters is 1. The zero-order chi connectivity index (χ0) is 20.3. The average molecular weight is 388 g/mol. The molecule has 4 aliphatic carbocycles. The van der Waals surface area contributed by atoms with E-state index in [0.29, 0.717) is 17.8 Å². The standard InChI is InChI=1S/C24H37NO3/c1-22(2,3)21(26)28-16-10-12-23(4)15(14-16)6-7-17-18-8-9-20(25-27)24(18,5)13-11-19(17)23/h6,16-19,27H,7-14H2,1-5H3. The lowest BCUT2D eigenvalue weighted by Crippen LogP contribution is -2.50. The Balaban J connectivity index is 1.53. The molecule has 0 amide bonds. The molecule has 6 unspecified atom stereocenters. The van der Waals surface area contributed by atoms with Crippen LogP contribution in [0.5, 0.6) is 0 Å². The van der Waals surface area contributed by atoms with Gasteiger partial charge in [0.2, 0.25) is 0 Å². The Morgan fingerprint density at radius 1 is 1.14 bits per heavy atom. The molecule has 0 aromatic rings. The van der Waals surface area contributed by atoms with Gasteiger partial charge in [-0.25, -0.2) is 0 Å². The Morgan fingerprint density at radius 3 is 2.50 bits per heavy atom. The van der Waals surface area contributed by atoms with Crippen LogP contribution in [0.2, 0.25) is 0 Å². The number of rotatable bonds is 1. The highest BCUT2D eigenvalue weighted by atomic mass is 16.5. The largest absolute Gasteiger partial charge is 0.462 e. The molecule has 3 fully saturated rings. The van der Waals surface area contributed by atoms with Crippen molar-refractivity contribution in [2.24, 2.45) is 39.2 Å². The summed E-state index contributed by atoms with van der Waals surface area (Å²) in [6.45, 7) is 10.6. The van der Waals surface area contributed by atoms with Crippen LogP contribution in [0.3, 0.4) is 0 Å². The van der Waals surface area contributed by atoms with Crippen LogP contribution in [0.15, 0.2) is 16.8 Å². The maximum Gasteiger partial charge on any atom is 0.311 e. The Labute approximate surface area is 169 Å². The molecule has 6 atom stereocenters. The number of hydrogen-bond acceptors (Lipinski definition) is 4. The highest BCUT2D eigenvalue weighted by molar-refractivity contribution is 5.92. The summed E-state index contributed by atoms with van der Waals surface area (Å²) in [6.07, 6.45) is 11.1. The molecule has 28 heavy (non-hydrogen) atoms. The van der Waals surface area contributed by atoms with Crippen molar-refractivity contribution in [1.29, 1.82) is 0 Å². The predicted molar refractivity (Wildman–Crippen MR) is 110 cm³/mol. The maximum absolute atomic E-state index is 12.3. The Morgan fingerprint density at radius 2 is 1.82 bits per heavy atom. The summed E-state index contributed by atoms with van der Waals surface area (Å²) in [5, 5.41) is 13.2. The smallest absolute Gasteiger partial charge is 0.311 e. The quantitative estimate of drug-likeness (QED) is 0.270. The molecule has 0 radical (unpaired) electrons. The molecule has 3 saturated carbocycles. The first-order chi connectivity index (χ1) is 13.1. The van der Waals surface area contributed by atoms with E-state index in [2.05, 4.69) is 25.1 Å². The number of carbonyl (C=O) groups is 1. The molecule has 4 aliphatic rings. The lowest BCUT2D eigenvalue weighted by atomic mass is 9.48. The fourth-order valence-electron chi connectivity index (χ4n) is 7.01. The van der Waals surface area contributed by atoms with E-state index in [0.717, 1.165) is 44.2 Å². The summed E-state index contributed by atoms with van der Waals surface area (Å²) in [4.78, 5) is 12.3. The van der Waals surface area contributed by atoms with Gasteiger partial charge in [-0.15, -0.1) is 0 Å². The van der Waals surface area contributed by atoms with Gasteiger partial charge in [-0.1, -0.05) is 30.7 Å². The van der Waals surface area contributed by atoms with E-state index in [4.69, 9.17) is 4.74 Å². The molecular formula is C24H37NO3. The van der Waals surface area contributed by atoms with E-state index in [-0.39, 0.29) is 22.9 Å². The van der Waals surface area contributed by atoms with Crippen LogP contribution in [-0.4, -0.2) is 23.0 Å². The van der Waals surface area contributed by atoms with E-state index in [1.54, 1.807) is 0 Å². The fourth-order valence-corrected chi connectivity index (χ4v) is 7.01. The average Bonchev–Trinajstić information content (AvgIpc) is 2.97. The van der Waals surface area contributed by atoms with Crippen molar-refractivity contribution in [3.8, 4) is 0 Å². The molecule has 4 nitrogen and oxygen atoms in total. The van der Waals surface area contributed by atoms with Crippen molar-refractivity contribution in [2.75, 3.05) is 0 Å². The Hall–Kier alpha value is -1.32. The SMILES string of the molecule is CC(C)(C)C(=O)OC1CCC2(C)C(=CCC3C2CCC2(C)C(=NO)CCC32)C1. The molecule has 0 heterocycles. The van der Waals surface area contributed by atoms with E-state index in [1.165, 1.54) is 18.4 Å². The van der Waals surface area contributed by atoms with Crippen LogP contribution in [0, 0.1) is 34.0 Å². The molecule has 4 rings (SSSR count). The third kappa shape index (κ3) is 2.93. The van der Waals surface area contributed by atoms with Crippen molar-refractivity contribution < 1.29 is 14.7 Å². The first kappa shape index (κ1) is 20.0. The number of ether oxygens (including phenoxy) is 1. The van der Waals surface area contributed by atoms with Gasteiger partial charge < -0.3 is 9.94 Å². The van der Waals surface area contributed by atoms with Crippen molar-refractivity contribution >= 4 is 11.7 Å². The molecule has 1 N–H and O–H groups in total. The summed E-state index contributed by atoms with van der Waals surface area (Å²) in [5.74, 6) is 1.97. The molecule has 0 bridgehead atoms. The minimum absolute atomic E-state index is 0.0380. The number of nitrogens with zero attached hydrogens (tertiary/aromatic N) is 1. The number of hydrogen-bond donors (Lipinski definition) is 1. The highest BCUT2D eigenvalue weighted by Gasteiger charge is 2.58. The van der Waals surface area contributed by atoms with Crippen LogP contribution in [-0.2, 0) is 9.53 Å². The Kier molecular flexibility index (Phi) is 4.71. The Bertz CT molecular complexity index is 718. The summed E-state index contributed by atoms with van der Waals surface area (Å²) in [5.41, 5.74) is 2.47. The minimum Gasteiger partial charge on any atom is -0.462 e. The zero-order valence-corrected chi connectivity index (χ0v) is 18.3. The monoisotopic (exact) mass is 387 g/mol. The highest BCUT2D eigenvalue weighted by Crippen LogP contribution is 2.64. The molecule has 0 aliphatic heterocycles. The second-order valence-corrected chi connectivity index (χ2v) is 11.3. The summed E-state index contributed by atoms with van der Waals surface area (Å²) < 4.78 is 5.88. The van der Waals surface area contributed by atoms with Crippen molar-refractivity contribution in [2.45, 2.75) is 92.1 Å². The first-order valence-electron chi connectivity index (χ1n) is 11.2. The van der Waals surface area contributed by atoms with Gasteiger partial charge >= 0.3 is 5.97 Å². The second-order valence-electron chi connectivity index (χ2n) is 11.3. The van der Waals surface area contributed by atoms with Gasteiger partial charge in [-0.2, -0.15) is 0 Å². The molecule has 0 aromatic heterocycles. The third-order valence-corrected chi connectivity index (χ3v) is 8.81. The molecule has 4 heteroatoms. The van der Waals surface area contributed by atoms with Crippen molar-refractivity contribution in [3.05, 3.63) is 11.6 Å². The van der Waals surface area contributed by atoms with Gasteiger partial charge in [0, 0.05) is 11.8 Å². The van der Waals surface area contributed by atoms with Crippen LogP contribution < -0.4 is 0 Å². The zero-order valence-electron chi connectivity index (χ0n) is 18.3. The number of carbonyl (C=O) groups excluding carboxylic acids is 1. The predicted octanol–water partition coefficient (Wildman–Crippen LogP) is 5.74. The molecule has 0 aromatic carbocycles. The molecule has 156 valence electrons. The van der Waals surface area contributed by atoms with E-state index < -0.39 is 5.41 Å². The van der Waals surface area contributed by atoms with Gasteiger partial charge in [-0.05, 0) is 88.9 Å². The van der Waals surface area contributed by atoms with Gasteiger partial charge in [-0.3, -0.25) is 4.79 Å². The third-order valence-electron chi connectivity index (χ3n) is 8.81. The van der Waals surface area contributed by atoms with Crippen LogP contribution in [0.25, 0.3) is 0 Å². The summed E-state index contributed by atoms with van der Waals surface area (Å²) in [7, 11) is 0. The van der Waals surface area contributed by atoms with E-state index in [1.807, 2.05) is 20.8 Å². The number of fused-ring (bicyclic) bond motifs is 5. The molecule has 0 saturated heterocycles. The minimum atomic E-state index is -0.435. The normalized spacial score (nSPS) is 44.3. The van der Waals surface area contributed by atoms with Gasteiger partial charge in [0.1, 0.15) is 6.10 Å². The van der Waals surface area contributed by atoms with Crippen LogP contribution in [0.4, 0.5) is 0 Å².